The zero-order valence-electron chi connectivity index (χ0n) is 14.9. The van der Waals surface area contributed by atoms with Crippen LogP contribution in [0.3, 0.4) is 0 Å². The van der Waals surface area contributed by atoms with Crippen molar-refractivity contribution in [3.05, 3.63) is 54.1 Å². The van der Waals surface area contributed by atoms with Crippen molar-refractivity contribution in [3.8, 4) is 0 Å². The van der Waals surface area contributed by atoms with Gasteiger partial charge in [-0.3, -0.25) is 9.59 Å². The van der Waals surface area contributed by atoms with Gasteiger partial charge in [0.2, 0.25) is 0 Å². The predicted octanol–water partition coefficient (Wildman–Crippen LogP) is 2.22. The summed E-state index contributed by atoms with van der Waals surface area (Å²) in [4.78, 5) is 41.2. The largest absolute Gasteiger partial charge is 0.469 e. The van der Waals surface area contributed by atoms with Gasteiger partial charge in [0.1, 0.15) is 6.04 Å². The Hall–Kier alpha value is -3.48. The first kappa shape index (κ1) is 18.3. The van der Waals surface area contributed by atoms with E-state index in [0.29, 0.717) is 27.4 Å². The lowest BCUT2D eigenvalue weighted by molar-refractivity contribution is -0.149. The van der Waals surface area contributed by atoms with Crippen molar-refractivity contribution in [3.63, 3.8) is 0 Å². The third-order valence-corrected chi connectivity index (χ3v) is 4.20. The number of hydrogen-bond donors (Lipinski definition) is 1. The maximum Gasteiger partial charge on any atom is 0.328 e. The van der Waals surface area contributed by atoms with Gasteiger partial charge in [-0.25, -0.2) is 9.78 Å². The van der Waals surface area contributed by atoms with Crippen LogP contribution in [0.1, 0.15) is 16.8 Å². The minimum absolute atomic E-state index is 0.324. The van der Waals surface area contributed by atoms with Crippen molar-refractivity contribution in [1.29, 1.82) is 0 Å². The molecule has 0 fully saturated rings. The molecule has 7 nitrogen and oxygen atoms in total. The molecule has 2 aromatic carbocycles. The molecule has 0 unspecified atom stereocenters. The summed E-state index contributed by atoms with van der Waals surface area (Å²) in [7, 11) is 2.40. The van der Waals surface area contributed by atoms with Crippen LogP contribution in [-0.4, -0.2) is 43.1 Å². The van der Waals surface area contributed by atoms with Crippen LogP contribution in [0.25, 0.3) is 21.8 Å². The van der Waals surface area contributed by atoms with Crippen LogP contribution < -0.4 is 5.32 Å². The number of hydrogen-bond acceptors (Lipinski definition) is 6. The van der Waals surface area contributed by atoms with E-state index in [1.807, 2.05) is 36.4 Å². The number of carbonyl (C=O) groups is 3. The van der Waals surface area contributed by atoms with Gasteiger partial charge in [-0.15, -0.1) is 0 Å². The lowest BCUT2D eigenvalue weighted by Gasteiger charge is -2.17. The Morgan fingerprint density at radius 1 is 0.926 bits per heavy atom. The summed E-state index contributed by atoms with van der Waals surface area (Å²) in [5.74, 6) is -1.85. The van der Waals surface area contributed by atoms with Gasteiger partial charge in [0.05, 0.1) is 37.2 Å². The van der Waals surface area contributed by atoms with E-state index in [9.17, 15) is 14.4 Å². The molecule has 1 N–H and O–H groups in total. The van der Waals surface area contributed by atoms with E-state index >= 15 is 0 Å². The van der Waals surface area contributed by atoms with Gasteiger partial charge in [-0.2, -0.15) is 0 Å². The Morgan fingerprint density at radius 3 is 2.00 bits per heavy atom. The molecular weight excluding hydrogens is 348 g/mol. The SMILES string of the molecule is COC(=O)C[C@H](NC(=O)c1c2ccccc2nc2ccccc12)C(=O)OC. The second kappa shape index (κ2) is 7.82. The first-order chi connectivity index (χ1) is 13.0. The van der Waals surface area contributed by atoms with Gasteiger partial charge < -0.3 is 14.8 Å². The van der Waals surface area contributed by atoms with E-state index in [2.05, 4.69) is 15.0 Å². The third kappa shape index (κ3) is 3.72. The number of methoxy groups -OCH3 is 2. The standard InChI is InChI=1S/C20H18N2O5/c1-26-17(23)11-16(20(25)27-2)22-19(24)18-12-7-3-5-9-14(12)21-15-10-6-4-8-13(15)18/h3-10,16H,11H2,1-2H3,(H,22,24)/t16-/m0/s1. The van der Waals surface area contributed by atoms with E-state index in [1.165, 1.54) is 14.2 Å². The molecule has 27 heavy (non-hydrogen) atoms. The number of rotatable bonds is 5. The monoisotopic (exact) mass is 366 g/mol. The molecule has 0 spiro atoms. The highest BCUT2D eigenvalue weighted by molar-refractivity contribution is 6.16. The molecule has 1 aromatic heterocycles. The van der Waals surface area contributed by atoms with E-state index < -0.39 is 23.9 Å². The maximum atomic E-state index is 13.1. The number of carbonyl (C=O) groups excluding carboxylic acids is 3. The summed E-state index contributed by atoms with van der Waals surface area (Å²) in [6.07, 6.45) is -0.324. The number of benzene rings is 2. The van der Waals surface area contributed by atoms with Crippen LogP contribution in [0.5, 0.6) is 0 Å². The van der Waals surface area contributed by atoms with Crippen LogP contribution in [0.15, 0.2) is 48.5 Å². The smallest absolute Gasteiger partial charge is 0.328 e. The van der Waals surface area contributed by atoms with E-state index in [-0.39, 0.29) is 6.42 Å². The molecule has 1 atom stereocenters. The molecule has 1 amide bonds. The Morgan fingerprint density at radius 2 is 1.48 bits per heavy atom. The number of esters is 2. The molecule has 0 bridgehead atoms. The Bertz CT molecular complexity index is 977. The second-order valence-electron chi connectivity index (χ2n) is 5.85. The van der Waals surface area contributed by atoms with Crippen molar-refractivity contribution in [2.75, 3.05) is 14.2 Å². The van der Waals surface area contributed by atoms with Gasteiger partial charge >= 0.3 is 11.9 Å². The first-order valence-electron chi connectivity index (χ1n) is 8.28. The quantitative estimate of drug-likeness (QED) is 0.550. The van der Waals surface area contributed by atoms with Crippen molar-refractivity contribution in [1.82, 2.24) is 10.3 Å². The number of nitrogens with one attached hydrogen (secondary N) is 1. The van der Waals surface area contributed by atoms with Gasteiger partial charge in [0.25, 0.3) is 5.91 Å². The highest BCUT2D eigenvalue weighted by Crippen LogP contribution is 2.26. The molecule has 0 saturated carbocycles. The first-order valence-corrected chi connectivity index (χ1v) is 8.28. The summed E-state index contributed by atoms with van der Waals surface area (Å²) < 4.78 is 9.29. The molecule has 3 rings (SSSR count). The van der Waals surface area contributed by atoms with E-state index in [1.54, 1.807) is 12.1 Å². The number of amides is 1. The molecule has 0 aliphatic heterocycles. The number of aromatic nitrogens is 1. The minimum Gasteiger partial charge on any atom is -0.469 e. The van der Waals surface area contributed by atoms with Crippen molar-refractivity contribution in [2.45, 2.75) is 12.5 Å². The Balaban J connectivity index is 2.07. The Labute approximate surface area is 155 Å². The minimum atomic E-state index is -1.15. The molecule has 0 saturated heterocycles. The summed E-state index contributed by atoms with van der Waals surface area (Å²) in [5.41, 5.74) is 1.70. The average molecular weight is 366 g/mol. The molecule has 0 radical (unpaired) electrons. The zero-order chi connectivity index (χ0) is 19.4. The highest BCUT2D eigenvalue weighted by atomic mass is 16.5. The summed E-state index contributed by atoms with van der Waals surface area (Å²) in [6, 6.07) is 13.3. The fourth-order valence-corrected chi connectivity index (χ4v) is 2.90. The number of fused-ring (bicyclic) bond motifs is 2. The van der Waals surface area contributed by atoms with Crippen LogP contribution in [0.2, 0.25) is 0 Å². The van der Waals surface area contributed by atoms with Gasteiger partial charge in [0.15, 0.2) is 0 Å². The topological polar surface area (TPSA) is 94.6 Å². The zero-order valence-corrected chi connectivity index (χ0v) is 14.9. The van der Waals surface area contributed by atoms with Crippen LogP contribution in [-0.2, 0) is 19.1 Å². The molecule has 138 valence electrons. The van der Waals surface area contributed by atoms with Crippen molar-refractivity contribution in [2.24, 2.45) is 0 Å². The normalized spacial score (nSPS) is 11.8. The number of pyridine rings is 1. The third-order valence-electron chi connectivity index (χ3n) is 4.20. The Kier molecular flexibility index (Phi) is 5.30. The van der Waals surface area contributed by atoms with Crippen LogP contribution in [0, 0.1) is 0 Å². The predicted molar refractivity (Wildman–Crippen MR) is 99.2 cm³/mol. The molecular formula is C20H18N2O5. The number of nitrogens with zero attached hydrogens (tertiary/aromatic N) is 1. The molecule has 7 heteroatoms. The maximum absolute atomic E-state index is 13.1. The average Bonchev–Trinajstić information content (AvgIpc) is 2.70. The van der Waals surface area contributed by atoms with Gasteiger partial charge in [0, 0.05) is 10.8 Å². The van der Waals surface area contributed by atoms with Crippen molar-refractivity contribution >= 4 is 39.7 Å². The molecule has 0 aliphatic carbocycles. The van der Waals surface area contributed by atoms with Gasteiger partial charge in [-0.05, 0) is 12.1 Å². The highest BCUT2D eigenvalue weighted by Gasteiger charge is 2.27. The lowest BCUT2D eigenvalue weighted by Crippen LogP contribution is -2.43. The van der Waals surface area contributed by atoms with E-state index in [0.717, 1.165) is 0 Å². The number of ether oxygens (including phenoxy) is 2. The van der Waals surface area contributed by atoms with Gasteiger partial charge in [-0.1, -0.05) is 36.4 Å². The summed E-state index contributed by atoms with van der Waals surface area (Å²) >= 11 is 0. The molecule has 0 aliphatic rings. The molecule has 1 heterocycles. The van der Waals surface area contributed by atoms with Crippen molar-refractivity contribution < 1.29 is 23.9 Å². The number of para-hydroxylation sites is 2. The lowest BCUT2D eigenvalue weighted by atomic mass is 10.0. The second-order valence-corrected chi connectivity index (χ2v) is 5.85. The summed E-state index contributed by atoms with van der Waals surface area (Å²) in [6.45, 7) is 0. The summed E-state index contributed by atoms with van der Waals surface area (Å²) in [5, 5.41) is 3.89. The van der Waals surface area contributed by atoms with Crippen LogP contribution in [0.4, 0.5) is 0 Å². The fraction of sp³-hybridized carbons (Fsp3) is 0.200. The molecule has 3 aromatic rings. The van der Waals surface area contributed by atoms with E-state index in [4.69, 9.17) is 4.74 Å². The van der Waals surface area contributed by atoms with Crippen LogP contribution >= 0.6 is 0 Å². The fourth-order valence-electron chi connectivity index (χ4n) is 2.90.